The fourth-order valence-electron chi connectivity index (χ4n) is 1.51. The maximum atomic E-state index is 10.6. The highest BCUT2D eigenvalue weighted by Gasteiger charge is 2.21. The Hall–Kier alpha value is -1.94. The van der Waals surface area contributed by atoms with Gasteiger partial charge in [-0.15, -0.1) is 11.8 Å². The predicted molar refractivity (Wildman–Crippen MR) is 76.5 cm³/mol. The van der Waals surface area contributed by atoms with Crippen molar-refractivity contribution in [3.8, 4) is 11.5 Å². The summed E-state index contributed by atoms with van der Waals surface area (Å²) in [5.41, 5.74) is 0.290. The highest BCUT2D eigenvalue weighted by molar-refractivity contribution is 7.99. The van der Waals surface area contributed by atoms with Crippen molar-refractivity contribution < 1.29 is 19.4 Å². The van der Waals surface area contributed by atoms with E-state index in [1.807, 2.05) is 13.8 Å². The fraction of sp³-hybridized carbons (Fsp3) is 0.462. The van der Waals surface area contributed by atoms with E-state index in [1.54, 1.807) is 12.1 Å². The van der Waals surface area contributed by atoms with Gasteiger partial charge in [-0.2, -0.15) is 0 Å². The van der Waals surface area contributed by atoms with Gasteiger partial charge in [0.05, 0.1) is 30.6 Å². The topological polar surface area (TPSA) is 83.9 Å². The van der Waals surface area contributed by atoms with Crippen LogP contribution >= 0.6 is 11.8 Å². The van der Waals surface area contributed by atoms with Crippen LogP contribution in [0.4, 0.5) is 5.69 Å². The molecule has 1 aromatic carbocycles. The summed E-state index contributed by atoms with van der Waals surface area (Å²) in [7, 11) is 0. The monoisotopic (exact) mass is 297 g/mol. The van der Waals surface area contributed by atoms with E-state index in [1.165, 1.54) is 11.8 Å². The lowest BCUT2D eigenvalue weighted by atomic mass is 10.3. The van der Waals surface area contributed by atoms with Crippen molar-refractivity contribution in [1.29, 1.82) is 5.39 Å². The zero-order valence-corrected chi connectivity index (χ0v) is 12.3. The molecule has 1 rings (SSSR count). The zero-order chi connectivity index (χ0) is 15.0. The lowest BCUT2D eigenvalue weighted by Gasteiger charge is -2.10. The van der Waals surface area contributed by atoms with Gasteiger partial charge < -0.3 is 14.6 Å². The first-order chi connectivity index (χ1) is 9.62. The van der Waals surface area contributed by atoms with Gasteiger partial charge >= 0.3 is 11.7 Å². The molecular weight excluding hydrogens is 280 g/mol. The number of carboxylic acids is 1. The van der Waals surface area contributed by atoms with Crippen molar-refractivity contribution in [3.63, 3.8) is 0 Å². The van der Waals surface area contributed by atoms with Gasteiger partial charge in [-0.25, -0.2) is 0 Å². The minimum absolute atomic E-state index is 0.0618. The molecule has 20 heavy (non-hydrogen) atoms. The van der Waals surface area contributed by atoms with E-state index >= 15 is 0 Å². The van der Waals surface area contributed by atoms with Crippen LogP contribution in [0.2, 0.25) is 0 Å². The Labute approximate surface area is 121 Å². The Morgan fingerprint density at radius 2 is 1.95 bits per heavy atom. The Bertz CT molecular complexity index is 514. The molecule has 0 aliphatic rings. The first kappa shape index (κ1) is 16.1. The van der Waals surface area contributed by atoms with Gasteiger partial charge in [0.25, 0.3) is 0 Å². The van der Waals surface area contributed by atoms with Crippen LogP contribution in [0.15, 0.2) is 17.0 Å². The van der Waals surface area contributed by atoms with Gasteiger partial charge in [0, 0.05) is 11.8 Å². The van der Waals surface area contributed by atoms with E-state index in [2.05, 4.69) is 4.98 Å². The standard InChI is InChI=1S/C13H16N2O4S/c1-3-18-10-8-12(20-6-5-13(16)17)11(19-4-2)7-9(10)15-14/h7-8H,3-6H2,1-2H3/p+1. The van der Waals surface area contributed by atoms with Gasteiger partial charge in [0.15, 0.2) is 4.98 Å². The molecule has 0 saturated carbocycles. The summed E-state index contributed by atoms with van der Waals surface area (Å²) >= 11 is 1.37. The molecule has 0 spiro atoms. The molecular formula is C13H17N2O4S+. The van der Waals surface area contributed by atoms with Crippen LogP contribution < -0.4 is 9.47 Å². The fourth-order valence-corrected chi connectivity index (χ4v) is 2.46. The molecule has 0 aliphatic carbocycles. The number of carboxylic acid groups (broad SMARTS) is 1. The number of diazo groups is 1. The first-order valence-electron chi connectivity index (χ1n) is 6.25. The summed E-state index contributed by atoms with van der Waals surface area (Å²) in [5.74, 6) is 0.578. The highest BCUT2D eigenvalue weighted by Crippen LogP contribution is 2.40. The van der Waals surface area contributed by atoms with E-state index in [4.69, 9.17) is 20.0 Å². The number of benzene rings is 1. The number of rotatable bonds is 8. The normalized spacial score (nSPS) is 9.85. The molecule has 7 heteroatoms. The van der Waals surface area contributed by atoms with Crippen molar-refractivity contribution in [2.75, 3.05) is 19.0 Å². The molecule has 0 aliphatic heterocycles. The van der Waals surface area contributed by atoms with Gasteiger partial charge in [-0.3, -0.25) is 4.79 Å². The second-order valence-electron chi connectivity index (χ2n) is 3.72. The highest BCUT2D eigenvalue weighted by atomic mass is 32.2. The van der Waals surface area contributed by atoms with Crippen LogP contribution in [0.3, 0.4) is 0 Å². The number of aliphatic carboxylic acids is 1. The van der Waals surface area contributed by atoms with E-state index in [0.29, 0.717) is 30.5 Å². The SMILES string of the molecule is CCOc1cc(SCCC(=O)O)c(OCC)cc1[N+]#N. The third kappa shape index (κ3) is 4.63. The second-order valence-corrected chi connectivity index (χ2v) is 4.86. The summed E-state index contributed by atoms with van der Waals surface area (Å²) in [5, 5.41) is 17.7. The number of ether oxygens (including phenoxy) is 2. The van der Waals surface area contributed by atoms with E-state index in [9.17, 15) is 4.79 Å². The van der Waals surface area contributed by atoms with E-state index in [0.717, 1.165) is 4.90 Å². The van der Waals surface area contributed by atoms with E-state index in [-0.39, 0.29) is 12.1 Å². The van der Waals surface area contributed by atoms with Gasteiger partial charge in [-0.05, 0) is 13.8 Å². The summed E-state index contributed by atoms with van der Waals surface area (Å²) in [6, 6.07) is 3.29. The molecule has 0 unspecified atom stereocenters. The molecule has 1 N–H and O–H groups in total. The molecule has 6 nitrogen and oxygen atoms in total. The number of thioether (sulfide) groups is 1. The van der Waals surface area contributed by atoms with Crippen molar-refractivity contribution in [2.45, 2.75) is 25.2 Å². The third-order valence-electron chi connectivity index (χ3n) is 2.31. The van der Waals surface area contributed by atoms with Crippen LogP contribution in [0.25, 0.3) is 4.98 Å². The van der Waals surface area contributed by atoms with Crippen molar-refractivity contribution in [2.24, 2.45) is 0 Å². The maximum Gasteiger partial charge on any atom is 0.430 e. The molecule has 0 bridgehead atoms. The lowest BCUT2D eigenvalue weighted by Crippen LogP contribution is -1.99. The summed E-state index contributed by atoms with van der Waals surface area (Å²) in [6.07, 6.45) is 0.0618. The predicted octanol–water partition coefficient (Wildman–Crippen LogP) is 3.54. The molecule has 108 valence electrons. The lowest BCUT2D eigenvalue weighted by molar-refractivity contribution is -0.136. The van der Waals surface area contributed by atoms with Gasteiger partial charge in [0.1, 0.15) is 5.75 Å². The average molecular weight is 297 g/mol. The average Bonchev–Trinajstić information content (AvgIpc) is 2.41. The Morgan fingerprint density at radius 1 is 1.30 bits per heavy atom. The molecule has 1 aromatic rings. The van der Waals surface area contributed by atoms with Crippen LogP contribution in [0, 0.1) is 5.39 Å². The number of nitrogens with zero attached hydrogens (tertiary/aromatic N) is 2. The molecule has 0 saturated heterocycles. The number of hydrogen-bond donors (Lipinski definition) is 1. The van der Waals surface area contributed by atoms with Crippen LogP contribution in [0.1, 0.15) is 20.3 Å². The number of hydrogen-bond acceptors (Lipinski definition) is 5. The van der Waals surface area contributed by atoms with E-state index < -0.39 is 5.97 Å². The second kappa shape index (κ2) is 8.27. The molecule has 0 heterocycles. The maximum absolute atomic E-state index is 10.6. The molecule has 0 radical (unpaired) electrons. The van der Waals surface area contributed by atoms with Crippen molar-refractivity contribution in [1.82, 2.24) is 0 Å². The molecule has 0 aromatic heterocycles. The Balaban J connectivity index is 3.01. The van der Waals surface area contributed by atoms with Crippen molar-refractivity contribution in [3.05, 3.63) is 17.1 Å². The summed E-state index contributed by atoms with van der Waals surface area (Å²) in [6.45, 7) is 4.58. The Morgan fingerprint density at radius 3 is 2.50 bits per heavy atom. The van der Waals surface area contributed by atoms with Crippen LogP contribution in [0.5, 0.6) is 11.5 Å². The van der Waals surface area contributed by atoms with Gasteiger partial charge in [-0.1, -0.05) is 0 Å². The molecule has 0 atom stereocenters. The quantitative estimate of drug-likeness (QED) is 0.583. The summed E-state index contributed by atoms with van der Waals surface area (Å²) < 4.78 is 10.9. The van der Waals surface area contributed by atoms with Crippen LogP contribution in [-0.4, -0.2) is 30.0 Å². The first-order valence-corrected chi connectivity index (χ1v) is 7.24. The summed E-state index contributed by atoms with van der Waals surface area (Å²) in [4.78, 5) is 14.5. The molecule has 0 fully saturated rings. The van der Waals surface area contributed by atoms with Crippen molar-refractivity contribution >= 4 is 23.4 Å². The minimum Gasteiger partial charge on any atom is -0.492 e. The smallest absolute Gasteiger partial charge is 0.430 e. The molecule has 0 amide bonds. The van der Waals surface area contributed by atoms with Gasteiger partial charge in [0.2, 0.25) is 11.1 Å². The number of carbonyl (C=O) groups is 1. The minimum atomic E-state index is -0.845. The van der Waals surface area contributed by atoms with Crippen LogP contribution in [-0.2, 0) is 4.79 Å². The zero-order valence-electron chi connectivity index (χ0n) is 11.5. The Kier molecular flexibility index (Phi) is 6.67. The largest absolute Gasteiger partial charge is 0.492 e. The third-order valence-corrected chi connectivity index (χ3v) is 3.34.